The molecule has 1 fully saturated rings. The van der Waals surface area contributed by atoms with Gasteiger partial charge in [0.1, 0.15) is 11.5 Å². The van der Waals surface area contributed by atoms with E-state index in [4.69, 9.17) is 9.47 Å². The maximum atomic E-state index is 12.3. The molecule has 3 nitrogen and oxygen atoms in total. The van der Waals surface area contributed by atoms with Gasteiger partial charge in [0.2, 0.25) is 0 Å². The van der Waals surface area contributed by atoms with Crippen LogP contribution in [0.25, 0.3) is 0 Å². The molecule has 0 amide bonds. The van der Waals surface area contributed by atoms with Gasteiger partial charge in [0.05, 0.1) is 17.1 Å². The van der Waals surface area contributed by atoms with E-state index in [0.29, 0.717) is 23.0 Å². The van der Waals surface area contributed by atoms with E-state index in [0.717, 1.165) is 4.47 Å². The van der Waals surface area contributed by atoms with Crippen LogP contribution in [0.2, 0.25) is 0 Å². The Hall–Kier alpha value is -1.81. The highest BCUT2D eigenvalue weighted by atomic mass is 79.9. The summed E-state index contributed by atoms with van der Waals surface area (Å²) < 4.78 is 11.4. The van der Waals surface area contributed by atoms with Crippen LogP contribution < -0.4 is 9.47 Å². The number of hydrogen-bond donors (Lipinski definition) is 0. The van der Waals surface area contributed by atoms with Crippen molar-refractivity contribution in [3.8, 4) is 11.5 Å². The van der Waals surface area contributed by atoms with Crippen molar-refractivity contribution in [1.82, 2.24) is 0 Å². The summed E-state index contributed by atoms with van der Waals surface area (Å²) in [5.41, 5.74) is 1.83. The number of halogens is 1. The Morgan fingerprint density at radius 2 is 1.75 bits per heavy atom. The zero-order valence-corrected chi connectivity index (χ0v) is 15.3. The zero-order valence-electron chi connectivity index (χ0n) is 13.8. The Balaban J connectivity index is 1.67. The molecule has 4 heteroatoms. The van der Waals surface area contributed by atoms with Gasteiger partial charge >= 0.3 is 5.97 Å². The normalized spacial score (nSPS) is 15.1. The van der Waals surface area contributed by atoms with E-state index in [1.54, 1.807) is 25.3 Å². The number of esters is 1. The van der Waals surface area contributed by atoms with Crippen molar-refractivity contribution in [1.29, 1.82) is 0 Å². The SMILES string of the molecule is COc1ccc(C(=O)Oc2ccc(C3CCCCC3)cc2)cc1Br. The molecule has 24 heavy (non-hydrogen) atoms. The van der Waals surface area contributed by atoms with Crippen LogP contribution in [-0.2, 0) is 0 Å². The molecule has 1 aliphatic carbocycles. The van der Waals surface area contributed by atoms with Crippen molar-refractivity contribution in [2.24, 2.45) is 0 Å². The molecule has 0 N–H and O–H groups in total. The van der Waals surface area contributed by atoms with Gasteiger partial charge in [-0.3, -0.25) is 0 Å². The molecule has 2 aromatic carbocycles. The van der Waals surface area contributed by atoms with Crippen LogP contribution in [0.5, 0.6) is 11.5 Å². The highest BCUT2D eigenvalue weighted by Crippen LogP contribution is 2.33. The fourth-order valence-corrected chi connectivity index (χ4v) is 3.74. The first-order valence-electron chi connectivity index (χ1n) is 8.33. The van der Waals surface area contributed by atoms with Crippen LogP contribution in [0, 0.1) is 0 Å². The number of hydrogen-bond acceptors (Lipinski definition) is 3. The molecule has 126 valence electrons. The maximum absolute atomic E-state index is 12.3. The molecule has 0 aromatic heterocycles. The number of rotatable bonds is 4. The third kappa shape index (κ3) is 3.99. The molecule has 1 aliphatic rings. The van der Waals surface area contributed by atoms with Crippen LogP contribution in [-0.4, -0.2) is 13.1 Å². The summed E-state index contributed by atoms with van der Waals surface area (Å²) >= 11 is 3.38. The minimum atomic E-state index is -0.372. The van der Waals surface area contributed by atoms with Gasteiger partial charge in [-0.05, 0) is 70.6 Å². The molecule has 0 atom stereocenters. The van der Waals surface area contributed by atoms with E-state index >= 15 is 0 Å². The van der Waals surface area contributed by atoms with Crippen molar-refractivity contribution >= 4 is 21.9 Å². The highest BCUT2D eigenvalue weighted by molar-refractivity contribution is 9.10. The maximum Gasteiger partial charge on any atom is 0.343 e. The second-order valence-corrected chi connectivity index (χ2v) is 7.00. The summed E-state index contributed by atoms with van der Waals surface area (Å²) in [5, 5.41) is 0. The predicted octanol–water partition coefficient (Wildman–Crippen LogP) is 5.72. The van der Waals surface area contributed by atoms with Gasteiger partial charge in [-0.1, -0.05) is 31.4 Å². The van der Waals surface area contributed by atoms with Crippen molar-refractivity contribution < 1.29 is 14.3 Å². The smallest absolute Gasteiger partial charge is 0.343 e. The van der Waals surface area contributed by atoms with E-state index in [2.05, 4.69) is 28.1 Å². The minimum absolute atomic E-state index is 0.372. The van der Waals surface area contributed by atoms with Crippen LogP contribution >= 0.6 is 15.9 Å². The lowest BCUT2D eigenvalue weighted by Crippen LogP contribution is -2.09. The Morgan fingerprint density at radius 3 is 2.38 bits per heavy atom. The molecule has 0 spiro atoms. The summed E-state index contributed by atoms with van der Waals surface area (Å²) in [6, 6.07) is 13.1. The van der Waals surface area contributed by atoms with Gasteiger partial charge < -0.3 is 9.47 Å². The predicted molar refractivity (Wildman–Crippen MR) is 97.9 cm³/mol. The summed E-state index contributed by atoms with van der Waals surface area (Å²) in [6.07, 6.45) is 6.50. The Morgan fingerprint density at radius 1 is 1.04 bits per heavy atom. The van der Waals surface area contributed by atoms with E-state index in [-0.39, 0.29) is 5.97 Å². The standard InChI is InChI=1S/C20H21BrO3/c1-23-19-12-9-16(13-18(19)21)20(22)24-17-10-7-15(8-11-17)14-5-3-2-4-6-14/h7-14H,2-6H2,1H3. The minimum Gasteiger partial charge on any atom is -0.496 e. The quantitative estimate of drug-likeness (QED) is 0.495. The van der Waals surface area contributed by atoms with Gasteiger partial charge in [0, 0.05) is 0 Å². The fourth-order valence-electron chi connectivity index (χ4n) is 3.20. The van der Waals surface area contributed by atoms with Crippen molar-refractivity contribution in [2.45, 2.75) is 38.0 Å². The number of carbonyl (C=O) groups excluding carboxylic acids is 1. The van der Waals surface area contributed by atoms with Crippen LogP contribution in [0.4, 0.5) is 0 Å². The monoisotopic (exact) mass is 388 g/mol. The molecule has 0 aliphatic heterocycles. The molecule has 1 saturated carbocycles. The average molecular weight is 389 g/mol. The number of methoxy groups -OCH3 is 1. The second-order valence-electron chi connectivity index (χ2n) is 6.14. The summed E-state index contributed by atoms with van der Waals surface area (Å²) in [7, 11) is 1.59. The topological polar surface area (TPSA) is 35.5 Å². The van der Waals surface area contributed by atoms with Gasteiger partial charge in [-0.15, -0.1) is 0 Å². The van der Waals surface area contributed by atoms with Crippen LogP contribution in [0.15, 0.2) is 46.9 Å². The van der Waals surface area contributed by atoms with Crippen molar-refractivity contribution in [3.63, 3.8) is 0 Å². The molecule has 3 rings (SSSR count). The van der Waals surface area contributed by atoms with Crippen molar-refractivity contribution in [2.75, 3.05) is 7.11 Å². The van der Waals surface area contributed by atoms with Crippen LogP contribution in [0.1, 0.15) is 53.9 Å². The third-order valence-corrected chi connectivity index (χ3v) is 5.17. The third-order valence-electron chi connectivity index (χ3n) is 4.55. The Labute approximate surface area is 151 Å². The van der Waals surface area contributed by atoms with E-state index < -0.39 is 0 Å². The average Bonchev–Trinajstić information content (AvgIpc) is 2.63. The highest BCUT2D eigenvalue weighted by Gasteiger charge is 2.16. The lowest BCUT2D eigenvalue weighted by molar-refractivity contribution is 0.0734. The molecule has 0 bridgehead atoms. The first kappa shape index (κ1) is 17.0. The Bertz CT molecular complexity index is 703. The molecule has 2 aromatic rings. The number of ether oxygens (including phenoxy) is 2. The van der Waals surface area contributed by atoms with Crippen LogP contribution in [0.3, 0.4) is 0 Å². The van der Waals surface area contributed by atoms with Gasteiger partial charge in [-0.25, -0.2) is 4.79 Å². The summed E-state index contributed by atoms with van der Waals surface area (Å²) in [5.74, 6) is 1.54. The first-order chi connectivity index (χ1) is 11.7. The molecule has 0 radical (unpaired) electrons. The van der Waals surface area contributed by atoms with E-state index in [1.807, 2.05) is 12.1 Å². The largest absolute Gasteiger partial charge is 0.496 e. The second kappa shape index (κ2) is 7.84. The van der Waals surface area contributed by atoms with Gasteiger partial charge in [0.25, 0.3) is 0 Å². The molecule has 0 saturated heterocycles. The van der Waals surface area contributed by atoms with Crippen molar-refractivity contribution in [3.05, 3.63) is 58.1 Å². The summed E-state index contributed by atoms with van der Waals surface area (Å²) in [4.78, 5) is 12.3. The molecular weight excluding hydrogens is 368 g/mol. The van der Waals surface area contributed by atoms with Gasteiger partial charge in [-0.2, -0.15) is 0 Å². The Kier molecular flexibility index (Phi) is 5.56. The zero-order chi connectivity index (χ0) is 16.9. The fraction of sp³-hybridized carbons (Fsp3) is 0.350. The molecule has 0 heterocycles. The molecular formula is C20H21BrO3. The van der Waals surface area contributed by atoms with Gasteiger partial charge in [0.15, 0.2) is 0 Å². The first-order valence-corrected chi connectivity index (χ1v) is 9.12. The number of carbonyl (C=O) groups is 1. The van der Waals surface area contributed by atoms with E-state index in [9.17, 15) is 4.79 Å². The summed E-state index contributed by atoms with van der Waals surface area (Å²) in [6.45, 7) is 0. The lowest BCUT2D eigenvalue weighted by Gasteiger charge is -2.22. The van der Waals surface area contributed by atoms with E-state index in [1.165, 1.54) is 37.7 Å². The lowest BCUT2D eigenvalue weighted by atomic mass is 9.84. The molecule has 0 unspecified atom stereocenters. The number of benzene rings is 2.